The number of nitrogen functional groups attached to an aromatic ring is 1. The van der Waals surface area contributed by atoms with Gasteiger partial charge in [-0.05, 0) is 31.5 Å². The second-order valence-electron chi connectivity index (χ2n) is 4.14. The third-order valence-electron chi connectivity index (χ3n) is 2.79. The zero-order valence-corrected chi connectivity index (χ0v) is 10.8. The Balaban J connectivity index is 2.23. The van der Waals surface area contributed by atoms with Gasteiger partial charge in [0, 0.05) is 25.2 Å². The van der Waals surface area contributed by atoms with Crippen molar-refractivity contribution in [2.45, 2.75) is 26.8 Å². The van der Waals surface area contributed by atoms with E-state index in [1.807, 2.05) is 25.1 Å². The molecule has 5 heteroatoms. The number of rotatable bonds is 5. The van der Waals surface area contributed by atoms with Crippen LogP contribution >= 0.6 is 0 Å². The largest absolute Gasteiger partial charge is 0.399 e. The molecular formula is C13H19N5. The number of hydrogen-bond donors (Lipinski definition) is 2. The third kappa shape index (κ3) is 2.61. The average Bonchev–Trinajstić information content (AvgIpc) is 2.72. The van der Waals surface area contributed by atoms with E-state index in [4.69, 9.17) is 5.73 Å². The summed E-state index contributed by atoms with van der Waals surface area (Å²) in [7, 11) is 0. The van der Waals surface area contributed by atoms with Gasteiger partial charge in [-0.1, -0.05) is 12.1 Å². The fraction of sp³-hybridized carbons (Fsp3) is 0.385. The summed E-state index contributed by atoms with van der Waals surface area (Å²) in [6, 6.07) is 7.88. The molecule has 2 rings (SSSR count). The van der Waals surface area contributed by atoms with Crippen LogP contribution in [0, 0.1) is 0 Å². The Kier molecular flexibility index (Phi) is 3.82. The first kappa shape index (κ1) is 12.4. The number of nitrogens with zero attached hydrogens (tertiary/aromatic N) is 3. The van der Waals surface area contributed by atoms with Crippen LogP contribution in [-0.4, -0.2) is 21.3 Å². The standard InChI is InChI=1S/C13H19N5/c1-3-15-13-17-16-12(18(13)4-2)9-10-6-5-7-11(14)8-10/h5-8H,3-4,9,14H2,1-2H3,(H,15,17). The molecule has 96 valence electrons. The van der Waals surface area contributed by atoms with E-state index < -0.39 is 0 Å². The van der Waals surface area contributed by atoms with Crippen molar-refractivity contribution in [2.75, 3.05) is 17.6 Å². The maximum atomic E-state index is 5.78. The Morgan fingerprint density at radius 2 is 2.11 bits per heavy atom. The van der Waals surface area contributed by atoms with Crippen molar-refractivity contribution in [3.05, 3.63) is 35.7 Å². The smallest absolute Gasteiger partial charge is 0.224 e. The van der Waals surface area contributed by atoms with E-state index in [0.29, 0.717) is 0 Å². The van der Waals surface area contributed by atoms with Crippen molar-refractivity contribution in [1.82, 2.24) is 14.8 Å². The van der Waals surface area contributed by atoms with Crippen LogP contribution in [-0.2, 0) is 13.0 Å². The molecule has 18 heavy (non-hydrogen) atoms. The minimum atomic E-state index is 0.747. The highest BCUT2D eigenvalue weighted by Gasteiger charge is 2.10. The van der Waals surface area contributed by atoms with Crippen LogP contribution in [0.3, 0.4) is 0 Å². The van der Waals surface area contributed by atoms with Gasteiger partial charge in [0.25, 0.3) is 0 Å². The van der Waals surface area contributed by atoms with E-state index in [2.05, 4.69) is 33.1 Å². The predicted molar refractivity (Wildman–Crippen MR) is 73.5 cm³/mol. The highest BCUT2D eigenvalue weighted by molar-refractivity contribution is 5.41. The molecule has 0 radical (unpaired) electrons. The van der Waals surface area contributed by atoms with Gasteiger partial charge in [-0.3, -0.25) is 4.57 Å². The van der Waals surface area contributed by atoms with Crippen LogP contribution in [0.4, 0.5) is 11.6 Å². The number of hydrogen-bond acceptors (Lipinski definition) is 4. The Morgan fingerprint density at radius 3 is 2.78 bits per heavy atom. The number of anilines is 2. The van der Waals surface area contributed by atoms with Crippen molar-refractivity contribution in [1.29, 1.82) is 0 Å². The van der Waals surface area contributed by atoms with E-state index in [0.717, 1.165) is 42.5 Å². The Labute approximate surface area is 107 Å². The van der Waals surface area contributed by atoms with E-state index in [-0.39, 0.29) is 0 Å². The summed E-state index contributed by atoms with van der Waals surface area (Å²) in [5.74, 6) is 1.79. The van der Waals surface area contributed by atoms with Gasteiger partial charge in [-0.2, -0.15) is 0 Å². The molecule has 0 amide bonds. The molecule has 0 fully saturated rings. The van der Waals surface area contributed by atoms with Crippen molar-refractivity contribution in [3.63, 3.8) is 0 Å². The monoisotopic (exact) mass is 245 g/mol. The molecule has 1 aromatic heterocycles. The highest BCUT2D eigenvalue weighted by Crippen LogP contribution is 2.14. The van der Waals surface area contributed by atoms with Gasteiger partial charge >= 0.3 is 0 Å². The topological polar surface area (TPSA) is 68.8 Å². The number of nitrogens with two attached hydrogens (primary N) is 1. The van der Waals surface area contributed by atoms with E-state index >= 15 is 0 Å². The molecule has 2 aromatic rings. The lowest BCUT2D eigenvalue weighted by Crippen LogP contribution is -2.09. The van der Waals surface area contributed by atoms with Crippen LogP contribution in [0.1, 0.15) is 25.2 Å². The molecule has 5 nitrogen and oxygen atoms in total. The van der Waals surface area contributed by atoms with Gasteiger partial charge < -0.3 is 11.1 Å². The summed E-state index contributed by atoms with van der Waals surface area (Å²) in [4.78, 5) is 0. The van der Waals surface area contributed by atoms with Crippen molar-refractivity contribution in [2.24, 2.45) is 0 Å². The van der Waals surface area contributed by atoms with Crippen LogP contribution in [0.25, 0.3) is 0 Å². The molecule has 0 atom stereocenters. The van der Waals surface area contributed by atoms with E-state index in [1.54, 1.807) is 0 Å². The normalized spacial score (nSPS) is 10.6. The molecule has 3 N–H and O–H groups in total. The molecule has 0 bridgehead atoms. The number of benzene rings is 1. The zero-order chi connectivity index (χ0) is 13.0. The average molecular weight is 245 g/mol. The first-order chi connectivity index (χ1) is 8.74. The van der Waals surface area contributed by atoms with Crippen LogP contribution in [0.15, 0.2) is 24.3 Å². The van der Waals surface area contributed by atoms with Gasteiger partial charge in [0.2, 0.25) is 5.95 Å². The van der Waals surface area contributed by atoms with Crippen LogP contribution < -0.4 is 11.1 Å². The molecule has 0 saturated carbocycles. The SMILES string of the molecule is CCNc1nnc(Cc2cccc(N)c2)n1CC. The van der Waals surface area contributed by atoms with Crippen LogP contribution in [0.2, 0.25) is 0 Å². The lowest BCUT2D eigenvalue weighted by atomic mass is 10.1. The second kappa shape index (κ2) is 5.53. The predicted octanol–water partition coefficient (Wildman–Crippen LogP) is 1.90. The van der Waals surface area contributed by atoms with Crippen molar-refractivity contribution in [3.8, 4) is 0 Å². The summed E-state index contributed by atoms with van der Waals surface area (Å²) in [6.07, 6.45) is 0.747. The first-order valence-corrected chi connectivity index (χ1v) is 6.25. The Bertz CT molecular complexity index is 518. The number of nitrogens with one attached hydrogen (secondary N) is 1. The van der Waals surface area contributed by atoms with Gasteiger partial charge in [-0.15, -0.1) is 10.2 Å². The van der Waals surface area contributed by atoms with Gasteiger partial charge in [0.05, 0.1) is 0 Å². The van der Waals surface area contributed by atoms with Crippen LogP contribution in [0.5, 0.6) is 0 Å². The Hall–Kier alpha value is -2.04. The van der Waals surface area contributed by atoms with Gasteiger partial charge in [-0.25, -0.2) is 0 Å². The summed E-state index contributed by atoms with van der Waals surface area (Å²) < 4.78 is 2.09. The number of aromatic nitrogens is 3. The molecule has 0 saturated heterocycles. The van der Waals surface area contributed by atoms with E-state index in [9.17, 15) is 0 Å². The molecule has 0 aliphatic carbocycles. The lowest BCUT2D eigenvalue weighted by molar-refractivity contribution is 0.716. The fourth-order valence-electron chi connectivity index (χ4n) is 1.97. The maximum Gasteiger partial charge on any atom is 0.224 e. The van der Waals surface area contributed by atoms with Crippen molar-refractivity contribution < 1.29 is 0 Å². The van der Waals surface area contributed by atoms with Crippen molar-refractivity contribution >= 4 is 11.6 Å². The summed E-state index contributed by atoms with van der Waals surface area (Å²) in [5, 5.41) is 11.6. The third-order valence-corrected chi connectivity index (χ3v) is 2.79. The molecule has 0 aliphatic rings. The summed E-state index contributed by atoms with van der Waals surface area (Å²) in [5.41, 5.74) is 7.71. The molecule has 1 aromatic carbocycles. The molecular weight excluding hydrogens is 226 g/mol. The summed E-state index contributed by atoms with van der Waals surface area (Å²) >= 11 is 0. The van der Waals surface area contributed by atoms with Gasteiger partial charge in [0.15, 0.2) is 0 Å². The molecule has 0 unspecified atom stereocenters. The highest BCUT2D eigenvalue weighted by atomic mass is 15.3. The lowest BCUT2D eigenvalue weighted by Gasteiger charge is -2.08. The molecule has 0 spiro atoms. The quantitative estimate of drug-likeness (QED) is 0.789. The maximum absolute atomic E-state index is 5.78. The Morgan fingerprint density at radius 1 is 1.28 bits per heavy atom. The minimum Gasteiger partial charge on any atom is -0.399 e. The summed E-state index contributed by atoms with van der Waals surface area (Å²) in [6.45, 7) is 5.84. The van der Waals surface area contributed by atoms with E-state index in [1.165, 1.54) is 0 Å². The molecule has 0 aliphatic heterocycles. The zero-order valence-electron chi connectivity index (χ0n) is 10.8. The first-order valence-electron chi connectivity index (χ1n) is 6.25. The minimum absolute atomic E-state index is 0.747. The fourth-order valence-corrected chi connectivity index (χ4v) is 1.97. The molecule has 1 heterocycles. The second-order valence-corrected chi connectivity index (χ2v) is 4.14. The van der Waals surface area contributed by atoms with Gasteiger partial charge in [0.1, 0.15) is 5.82 Å².